The molecule has 1 aromatic rings. The van der Waals surface area contributed by atoms with Crippen LogP contribution in [-0.4, -0.2) is 26.3 Å². The van der Waals surface area contributed by atoms with E-state index in [1.54, 1.807) is 6.26 Å². The van der Waals surface area contributed by atoms with Crippen LogP contribution in [0.15, 0.2) is 22.8 Å². The van der Waals surface area contributed by atoms with Crippen LogP contribution >= 0.6 is 0 Å². The Labute approximate surface area is 82.7 Å². The first kappa shape index (κ1) is 9.25. The maximum atomic E-state index is 9.08. The van der Waals surface area contributed by atoms with Gasteiger partial charge < -0.3 is 14.1 Å². The van der Waals surface area contributed by atoms with Crippen molar-refractivity contribution < 1.29 is 14.1 Å². The van der Waals surface area contributed by atoms with Gasteiger partial charge in [-0.2, -0.15) is 5.26 Å². The summed E-state index contributed by atoms with van der Waals surface area (Å²) in [7, 11) is 0. The van der Waals surface area contributed by atoms with Gasteiger partial charge in [-0.15, -0.1) is 0 Å². The van der Waals surface area contributed by atoms with Gasteiger partial charge in [-0.25, -0.2) is 0 Å². The third kappa shape index (κ3) is 1.79. The second-order valence-electron chi connectivity index (χ2n) is 3.35. The summed E-state index contributed by atoms with van der Waals surface area (Å²) < 4.78 is 10.5. The van der Waals surface area contributed by atoms with Gasteiger partial charge in [0.05, 0.1) is 19.5 Å². The van der Waals surface area contributed by atoms with Crippen LogP contribution in [0.3, 0.4) is 0 Å². The number of morpholine rings is 1. The Kier molecular flexibility index (Phi) is 2.82. The van der Waals surface area contributed by atoms with Crippen molar-refractivity contribution in [3.63, 3.8) is 0 Å². The normalized spacial score (nSPS) is 20.2. The lowest BCUT2D eigenvalue weighted by atomic mass is 10.2. The smallest absolute Gasteiger partial charge is 0.233 e. The second kappa shape index (κ2) is 4.27. The van der Waals surface area contributed by atoms with E-state index in [2.05, 4.69) is 6.07 Å². The van der Waals surface area contributed by atoms with E-state index in [4.69, 9.17) is 14.4 Å². The molecule has 1 aromatic heterocycles. The number of nitrogens with zero attached hydrogens (tertiary/aromatic N) is 1. The number of furan rings is 1. The summed E-state index contributed by atoms with van der Waals surface area (Å²) in [6.07, 6.45) is 1.61. The highest BCUT2D eigenvalue weighted by Gasteiger charge is 2.27. The van der Waals surface area contributed by atoms with Crippen LogP contribution < -0.4 is 4.90 Å². The van der Waals surface area contributed by atoms with E-state index in [9.17, 15) is 0 Å². The number of rotatable bonds is 2. The van der Waals surface area contributed by atoms with Crippen molar-refractivity contribution in [2.75, 3.05) is 26.3 Å². The molecule has 2 heterocycles. The first-order chi connectivity index (χ1) is 6.92. The molecule has 74 valence electrons. The zero-order valence-electron chi connectivity index (χ0n) is 7.90. The summed E-state index contributed by atoms with van der Waals surface area (Å²) in [4.78, 5) is 1.23. The number of nitrogens with one attached hydrogen (secondary N) is 1. The summed E-state index contributed by atoms with van der Waals surface area (Å²) in [6.45, 7) is 3.21. The molecular weight excluding hydrogens is 180 g/mol. The molecule has 1 fully saturated rings. The van der Waals surface area contributed by atoms with Crippen LogP contribution in [0.4, 0.5) is 0 Å². The van der Waals surface area contributed by atoms with E-state index >= 15 is 0 Å². The second-order valence-corrected chi connectivity index (χ2v) is 3.35. The van der Waals surface area contributed by atoms with Crippen molar-refractivity contribution in [1.82, 2.24) is 0 Å². The minimum Gasteiger partial charge on any atom is -0.462 e. The molecule has 0 spiro atoms. The summed E-state index contributed by atoms with van der Waals surface area (Å²) in [6, 6.07) is 5.78. The molecule has 1 N–H and O–H groups in total. The van der Waals surface area contributed by atoms with Crippen LogP contribution in [-0.2, 0) is 4.74 Å². The average Bonchev–Trinajstić information content (AvgIpc) is 2.74. The number of hydrogen-bond donors (Lipinski definition) is 1. The third-order valence-corrected chi connectivity index (χ3v) is 2.50. The fourth-order valence-electron chi connectivity index (χ4n) is 1.73. The Bertz CT molecular complexity index is 309. The molecule has 1 aliphatic rings. The monoisotopic (exact) mass is 193 g/mol. The van der Waals surface area contributed by atoms with Gasteiger partial charge in [-0.1, -0.05) is 0 Å². The van der Waals surface area contributed by atoms with Gasteiger partial charge >= 0.3 is 0 Å². The van der Waals surface area contributed by atoms with Gasteiger partial charge in [-0.05, 0) is 12.1 Å². The van der Waals surface area contributed by atoms with Crippen molar-refractivity contribution in [1.29, 1.82) is 5.26 Å². The predicted molar refractivity (Wildman–Crippen MR) is 48.6 cm³/mol. The van der Waals surface area contributed by atoms with Crippen molar-refractivity contribution in [3.8, 4) is 6.07 Å². The maximum Gasteiger partial charge on any atom is 0.233 e. The average molecular weight is 193 g/mol. The molecule has 0 aromatic carbocycles. The van der Waals surface area contributed by atoms with Gasteiger partial charge in [0.2, 0.25) is 6.04 Å². The Hall–Kier alpha value is -1.31. The van der Waals surface area contributed by atoms with Crippen molar-refractivity contribution in [2.45, 2.75) is 6.04 Å². The molecule has 1 atom stereocenters. The molecule has 4 heteroatoms. The SMILES string of the molecule is N#C[C@H](c1ccco1)[NH+]1CCOCC1. The van der Waals surface area contributed by atoms with Crippen LogP contribution in [0.5, 0.6) is 0 Å². The first-order valence-corrected chi connectivity index (χ1v) is 4.77. The van der Waals surface area contributed by atoms with Crippen molar-refractivity contribution >= 4 is 0 Å². The Morgan fingerprint density at radius 3 is 2.79 bits per heavy atom. The lowest BCUT2D eigenvalue weighted by Crippen LogP contribution is -3.14. The molecule has 0 unspecified atom stereocenters. The molecule has 2 rings (SSSR count). The van der Waals surface area contributed by atoms with E-state index in [0.29, 0.717) is 0 Å². The molecule has 0 aliphatic carbocycles. The Balaban J connectivity index is 2.09. The highest BCUT2D eigenvalue weighted by molar-refractivity contribution is 5.08. The third-order valence-electron chi connectivity index (χ3n) is 2.50. The van der Waals surface area contributed by atoms with Crippen molar-refractivity contribution in [2.24, 2.45) is 0 Å². The standard InChI is InChI=1S/C10H12N2O2/c11-8-9(10-2-1-5-14-10)12-3-6-13-7-4-12/h1-2,5,9H,3-4,6-7H2/p+1/t9-/m1/s1. The van der Waals surface area contributed by atoms with Crippen molar-refractivity contribution in [3.05, 3.63) is 24.2 Å². The lowest BCUT2D eigenvalue weighted by molar-refractivity contribution is -0.931. The number of nitriles is 1. The highest BCUT2D eigenvalue weighted by Crippen LogP contribution is 2.09. The van der Waals surface area contributed by atoms with Gasteiger partial charge in [0.25, 0.3) is 0 Å². The molecule has 14 heavy (non-hydrogen) atoms. The predicted octanol–water partition coefficient (Wildman–Crippen LogP) is -0.241. The van der Waals surface area contributed by atoms with Crippen LogP contribution in [0, 0.1) is 11.3 Å². The molecule has 0 radical (unpaired) electrons. The number of ether oxygens (including phenoxy) is 1. The minimum absolute atomic E-state index is 0.186. The molecule has 0 bridgehead atoms. The number of hydrogen-bond acceptors (Lipinski definition) is 3. The number of quaternary nitrogens is 1. The quantitative estimate of drug-likeness (QED) is 0.705. The zero-order valence-corrected chi connectivity index (χ0v) is 7.90. The van der Waals surface area contributed by atoms with Gasteiger partial charge in [0.15, 0.2) is 5.76 Å². The zero-order chi connectivity index (χ0) is 9.80. The summed E-state index contributed by atoms with van der Waals surface area (Å²) in [5, 5.41) is 9.08. The summed E-state index contributed by atoms with van der Waals surface area (Å²) in [5.74, 6) is 0.754. The Morgan fingerprint density at radius 2 is 2.21 bits per heavy atom. The van der Waals surface area contributed by atoms with Gasteiger partial charge in [0, 0.05) is 0 Å². The molecule has 1 aliphatic heterocycles. The lowest BCUT2D eigenvalue weighted by Gasteiger charge is -2.26. The summed E-state index contributed by atoms with van der Waals surface area (Å²) >= 11 is 0. The molecule has 1 saturated heterocycles. The van der Waals surface area contributed by atoms with Gasteiger partial charge in [-0.3, -0.25) is 0 Å². The topological polar surface area (TPSA) is 50.6 Å². The summed E-state index contributed by atoms with van der Waals surface area (Å²) in [5.41, 5.74) is 0. The van der Waals surface area contributed by atoms with E-state index in [1.807, 2.05) is 12.1 Å². The molecular formula is C10H13N2O2+. The van der Waals surface area contributed by atoms with Crippen LogP contribution in [0.1, 0.15) is 11.8 Å². The van der Waals surface area contributed by atoms with E-state index in [-0.39, 0.29) is 6.04 Å². The largest absolute Gasteiger partial charge is 0.462 e. The molecule has 0 amide bonds. The molecule has 0 saturated carbocycles. The fraction of sp³-hybridized carbons (Fsp3) is 0.500. The molecule has 4 nitrogen and oxygen atoms in total. The van der Waals surface area contributed by atoms with Crippen LogP contribution in [0.25, 0.3) is 0 Å². The highest BCUT2D eigenvalue weighted by atomic mass is 16.5. The van der Waals surface area contributed by atoms with Gasteiger partial charge in [0.1, 0.15) is 19.2 Å². The van der Waals surface area contributed by atoms with Crippen LogP contribution in [0.2, 0.25) is 0 Å². The van der Waals surface area contributed by atoms with E-state index in [1.165, 1.54) is 4.90 Å². The van der Waals surface area contributed by atoms with E-state index < -0.39 is 0 Å². The minimum atomic E-state index is -0.186. The first-order valence-electron chi connectivity index (χ1n) is 4.77. The van der Waals surface area contributed by atoms with E-state index in [0.717, 1.165) is 32.1 Å². The maximum absolute atomic E-state index is 9.08. The Morgan fingerprint density at radius 1 is 1.43 bits per heavy atom. The fourth-order valence-corrected chi connectivity index (χ4v) is 1.73.